The smallest absolute Gasteiger partial charge is 0.324 e. The molecule has 2 N–H and O–H groups in total. The van der Waals surface area contributed by atoms with Gasteiger partial charge in [-0.1, -0.05) is 80.6 Å². The Kier molecular flexibility index (Phi) is 8.47. The molecule has 9 heteroatoms. The van der Waals surface area contributed by atoms with Crippen LogP contribution in [0.3, 0.4) is 0 Å². The number of hydrogen-bond donors (Lipinski definition) is 2. The molecule has 43 heavy (non-hydrogen) atoms. The second-order valence-electron chi connectivity index (χ2n) is 10.5. The van der Waals surface area contributed by atoms with Gasteiger partial charge in [0.2, 0.25) is 10.0 Å². The van der Waals surface area contributed by atoms with E-state index in [9.17, 15) is 18.0 Å². The molecular weight excluding hydrogens is 564 g/mol. The molecule has 1 unspecified atom stereocenters. The molecule has 0 saturated heterocycles. The maximum Gasteiger partial charge on any atom is 0.324 e. The van der Waals surface area contributed by atoms with Gasteiger partial charge < -0.3 is 14.5 Å². The number of carbonyl (C=O) groups excluding carboxylic acids is 2. The first-order chi connectivity index (χ1) is 20.6. The fraction of sp³-hybridized carbons (Fsp3) is 0.176. The van der Waals surface area contributed by atoms with Gasteiger partial charge >= 0.3 is 5.97 Å². The minimum absolute atomic E-state index is 0.0336. The quantitative estimate of drug-likeness (QED) is 0.181. The van der Waals surface area contributed by atoms with E-state index in [1.165, 1.54) is 19.2 Å². The lowest BCUT2D eigenvalue weighted by molar-refractivity contribution is -0.143. The van der Waals surface area contributed by atoms with Crippen molar-refractivity contribution in [2.75, 3.05) is 12.4 Å². The monoisotopic (exact) mass is 596 g/mol. The third-order valence-corrected chi connectivity index (χ3v) is 8.75. The van der Waals surface area contributed by atoms with Crippen LogP contribution in [-0.4, -0.2) is 33.4 Å². The van der Waals surface area contributed by atoms with Crippen LogP contribution in [0.15, 0.2) is 106 Å². The molecule has 0 saturated carbocycles. The highest BCUT2D eigenvalue weighted by Crippen LogP contribution is 2.35. The highest BCUT2D eigenvalue weighted by atomic mass is 32.2. The molecule has 0 bridgehead atoms. The molecule has 0 aliphatic heterocycles. The SMILES string of the molecule is COC(=O)C(NS(=O)(=O)c1ccc(-c2ccc(NC(=O)c3oc4cccc(-c5ccccc5)c4c3C)cc2)cc1)C(C)C. The summed E-state index contributed by atoms with van der Waals surface area (Å²) in [5.74, 6) is -1.04. The predicted octanol–water partition coefficient (Wildman–Crippen LogP) is 6.80. The number of sulfonamides is 1. The maximum absolute atomic E-state index is 13.2. The first-order valence-electron chi connectivity index (χ1n) is 13.8. The van der Waals surface area contributed by atoms with Gasteiger partial charge in [0.15, 0.2) is 5.76 Å². The van der Waals surface area contributed by atoms with Crippen molar-refractivity contribution in [3.8, 4) is 22.3 Å². The molecule has 0 aliphatic rings. The Morgan fingerprint density at radius 2 is 1.42 bits per heavy atom. The molecule has 1 atom stereocenters. The van der Waals surface area contributed by atoms with Crippen molar-refractivity contribution >= 4 is 38.6 Å². The second kappa shape index (κ2) is 12.2. The fourth-order valence-corrected chi connectivity index (χ4v) is 6.29. The van der Waals surface area contributed by atoms with Gasteiger partial charge in [0.1, 0.15) is 11.6 Å². The Bertz CT molecular complexity index is 1880. The second-order valence-corrected chi connectivity index (χ2v) is 12.2. The molecule has 0 aliphatic carbocycles. The Balaban J connectivity index is 1.31. The number of benzene rings is 4. The fourth-order valence-electron chi connectivity index (χ4n) is 4.96. The zero-order valence-corrected chi connectivity index (χ0v) is 25.1. The highest BCUT2D eigenvalue weighted by molar-refractivity contribution is 7.89. The number of esters is 1. The van der Waals surface area contributed by atoms with Crippen LogP contribution in [-0.2, 0) is 19.6 Å². The zero-order valence-electron chi connectivity index (χ0n) is 24.3. The van der Waals surface area contributed by atoms with E-state index in [1.54, 1.807) is 38.1 Å². The number of hydrogen-bond acceptors (Lipinski definition) is 6. The molecule has 1 amide bonds. The van der Waals surface area contributed by atoms with Gasteiger partial charge in [-0.15, -0.1) is 0 Å². The van der Waals surface area contributed by atoms with E-state index in [0.717, 1.165) is 33.2 Å². The Morgan fingerprint density at radius 3 is 2.02 bits per heavy atom. The van der Waals surface area contributed by atoms with Gasteiger partial charge in [-0.3, -0.25) is 9.59 Å². The topological polar surface area (TPSA) is 115 Å². The summed E-state index contributed by atoms with van der Waals surface area (Å²) in [5, 5.41) is 3.81. The van der Waals surface area contributed by atoms with Gasteiger partial charge in [0, 0.05) is 16.6 Å². The maximum atomic E-state index is 13.2. The number of amides is 1. The summed E-state index contributed by atoms with van der Waals surface area (Å²) >= 11 is 0. The zero-order chi connectivity index (χ0) is 30.7. The highest BCUT2D eigenvalue weighted by Gasteiger charge is 2.29. The minimum Gasteiger partial charge on any atom is -0.468 e. The molecular formula is C34H32N2O6S. The number of aryl methyl sites for hydroxylation is 1. The standard InChI is InChI=1S/C34H32N2O6S/c1-21(2)31(34(38)41-4)36-43(39,40)27-19-15-24(16-20-27)23-13-17-26(18-14-23)35-33(37)32-22(3)30-28(11-8-12-29(30)42-32)25-9-6-5-7-10-25/h5-21,31,36H,1-4H3,(H,35,37). The Morgan fingerprint density at radius 1 is 0.791 bits per heavy atom. The van der Waals surface area contributed by atoms with Crippen LogP contribution in [0.1, 0.15) is 30.0 Å². The van der Waals surface area contributed by atoms with E-state index in [2.05, 4.69) is 10.0 Å². The average Bonchev–Trinajstić information content (AvgIpc) is 3.37. The molecule has 0 fully saturated rings. The van der Waals surface area contributed by atoms with E-state index >= 15 is 0 Å². The number of fused-ring (bicyclic) bond motifs is 1. The normalized spacial score (nSPS) is 12.3. The summed E-state index contributed by atoms with van der Waals surface area (Å²) in [6.45, 7) is 5.35. The molecule has 4 aromatic carbocycles. The van der Waals surface area contributed by atoms with Crippen LogP contribution in [0, 0.1) is 12.8 Å². The van der Waals surface area contributed by atoms with Crippen LogP contribution in [0.4, 0.5) is 5.69 Å². The molecule has 1 aromatic heterocycles. The van der Waals surface area contributed by atoms with E-state index in [1.807, 2.05) is 67.6 Å². The van der Waals surface area contributed by atoms with Gasteiger partial charge in [0.25, 0.3) is 5.91 Å². The number of nitrogens with one attached hydrogen (secondary N) is 2. The first-order valence-corrected chi connectivity index (χ1v) is 15.3. The number of anilines is 1. The summed E-state index contributed by atoms with van der Waals surface area (Å²) < 4.78 is 38.9. The molecule has 220 valence electrons. The lowest BCUT2D eigenvalue weighted by Gasteiger charge is -2.19. The lowest BCUT2D eigenvalue weighted by atomic mass is 9.99. The molecule has 5 aromatic rings. The lowest BCUT2D eigenvalue weighted by Crippen LogP contribution is -2.44. The molecule has 5 rings (SSSR count). The summed E-state index contributed by atoms with van der Waals surface area (Å²) in [7, 11) is -2.72. The minimum atomic E-state index is -3.94. The van der Waals surface area contributed by atoms with Gasteiger partial charge in [0.05, 0.1) is 12.0 Å². The van der Waals surface area contributed by atoms with Crippen LogP contribution in [0.2, 0.25) is 0 Å². The van der Waals surface area contributed by atoms with Crippen molar-refractivity contribution < 1.29 is 27.2 Å². The summed E-state index contributed by atoms with van der Waals surface area (Å²) in [6, 6.07) is 28.3. The molecule has 1 heterocycles. The van der Waals surface area contributed by atoms with Gasteiger partial charge in [-0.2, -0.15) is 4.72 Å². The molecule has 0 spiro atoms. The number of rotatable bonds is 9. The Labute approximate surface area is 250 Å². The summed E-state index contributed by atoms with van der Waals surface area (Å²) in [6.07, 6.45) is 0. The molecule has 0 radical (unpaired) electrons. The van der Waals surface area contributed by atoms with E-state index < -0.39 is 22.0 Å². The number of carbonyl (C=O) groups is 2. The average molecular weight is 597 g/mol. The van der Waals surface area contributed by atoms with Crippen molar-refractivity contribution in [2.45, 2.75) is 31.7 Å². The number of methoxy groups -OCH3 is 1. The van der Waals surface area contributed by atoms with Crippen LogP contribution in [0.25, 0.3) is 33.2 Å². The van der Waals surface area contributed by atoms with Crippen LogP contribution >= 0.6 is 0 Å². The third kappa shape index (κ3) is 6.23. The van der Waals surface area contributed by atoms with Crippen molar-refractivity contribution in [2.24, 2.45) is 5.92 Å². The van der Waals surface area contributed by atoms with Crippen molar-refractivity contribution in [1.29, 1.82) is 0 Å². The van der Waals surface area contributed by atoms with Crippen molar-refractivity contribution in [1.82, 2.24) is 4.72 Å². The molecule has 8 nitrogen and oxygen atoms in total. The summed E-state index contributed by atoms with van der Waals surface area (Å²) in [5.41, 5.74) is 5.65. The van der Waals surface area contributed by atoms with Crippen molar-refractivity contribution in [3.63, 3.8) is 0 Å². The van der Waals surface area contributed by atoms with Gasteiger partial charge in [-0.05, 0) is 65.4 Å². The number of ether oxygens (including phenoxy) is 1. The Hall–Kier alpha value is -4.73. The predicted molar refractivity (Wildman–Crippen MR) is 167 cm³/mol. The summed E-state index contributed by atoms with van der Waals surface area (Å²) in [4.78, 5) is 25.3. The van der Waals surface area contributed by atoms with Gasteiger partial charge in [-0.25, -0.2) is 8.42 Å². The van der Waals surface area contributed by atoms with E-state index in [4.69, 9.17) is 9.15 Å². The van der Waals surface area contributed by atoms with Crippen molar-refractivity contribution in [3.05, 3.63) is 108 Å². The van der Waals surface area contributed by atoms with Crippen LogP contribution < -0.4 is 10.0 Å². The van der Waals surface area contributed by atoms with E-state index in [0.29, 0.717) is 11.3 Å². The van der Waals surface area contributed by atoms with Crippen LogP contribution in [0.5, 0.6) is 0 Å². The van der Waals surface area contributed by atoms with E-state index in [-0.39, 0.29) is 22.5 Å². The largest absolute Gasteiger partial charge is 0.468 e. The number of furan rings is 1. The first kappa shape index (κ1) is 29.8. The third-order valence-electron chi connectivity index (χ3n) is 7.29.